The standard InChI is InChI=1S/C21H23FN6O2/c1-12-17(6-5-16(24-12)20(23)29)28-9-7-27(8-10-28)11-14-3-4-15-19(18(14)22)26-21(30)13(2)25-15/h3-6H,7-11H2,1-2H3,(H2,23,29)(H,26,30). The molecular weight excluding hydrogens is 387 g/mol. The van der Waals surface area contributed by atoms with Gasteiger partial charge in [0.2, 0.25) is 0 Å². The van der Waals surface area contributed by atoms with Gasteiger partial charge >= 0.3 is 0 Å². The molecule has 3 aromatic rings. The average molecular weight is 410 g/mol. The van der Waals surface area contributed by atoms with Crippen molar-refractivity contribution in [2.24, 2.45) is 5.73 Å². The summed E-state index contributed by atoms with van der Waals surface area (Å²) in [6.45, 7) is 6.91. The third-order valence-corrected chi connectivity index (χ3v) is 5.47. The third-order valence-electron chi connectivity index (χ3n) is 5.47. The zero-order valence-corrected chi connectivity index (χ0v) is 16.9. The number of rotatable bonds is 4. The summed E-state index contributed by atoms with van der Waals surface area (Å²) in [6.07, 6.45) is 0. The number of carbonyl (C=O) groups excluding carboxylic acids is 1. The molecule has 0 saturated carbocycles. The largest absolute Gasteiger partial charge is 0.368 e. The van der Waals surface area contributed by atoms with Crippen LogP contribution in [0.1, 0.15) is 27.4 Å². The Morgan fingerprint density at radius 2 is 1.83 bits per heavy atom. The summed E-state index contributed by atoms with van der Waals surface area (Å²) >= 11 is 0. The van der Waals surface area contributed by atoms with E-state index in [1.807, 2.05) is 13.0 Å². The Kier molecular flexibility index (Phi) is 5.21. The normalized spacial score (nSPS) is 15.0. The number of hydrogen-bond donors (Lipinski definition) is 2. The number of carbonyl (C=O) groups is 1. The monoisotopic (exact) mass is 410 g/mol. The van der Waals surface area contributed by atoms with Gasteiger partial charge in [0.05, 0.1) is 16.9 Å². The van der Waals surface area contributed by atoms with E-state index in [1.165, 1.54) is 0 Å². The smallest absolute Gasteiger partial charge is 0.269 e. The van der Waals surface area contributed by atoms with Crippen LogP contribution < -0.4 is 16.2 Å². The summed E-state index contributed by atoms with van der Waals surface area (Å²) in [4.78, 5) is 38.5. The predicted molar refractivity (Wildman–Crippen MR) is 112 cm³/mol. The number of aromatic nitrogens is 3. The number of nitrogens with zero attached hydrogens (tertiary/aromatic N) is 4. The Bertz CT molecular complexity index is 1180. The van der Waals surface area contributed by atoms with Crippen molar-refractivity contribution in [2.45, 2.75) is 20.4 Å². The zero-order chi connectivity index (χ0) is 21.4. The van der Waals surface area contributed by atoms with E-state index < -0.39 is 11.7 Å². The Morgan fingerprint density at radius 1 is 1.10 bits per heavy atom. The first-order chi connectivity index (χ1) is 14.3. The highest BCUT2D eigenvalue weighted by Crippen LogP contribution is 2.23. The van der Waals surface area contributed by atoms with Crippen LogP contribution in [0.25, 0.3) is 11.0 Å². The summed E-state index contributed by atoms with van der Waals surface area (Å²) in [5.41, 5.74) is 8.33. The maximum atomic E-state index is 14.9. The van der Waals surface area contributed by atoms with E-state index in [-0.39, 0.29) is 16.8 Å². The molecule has 1 aromatic carbocycles. The fourth-order valence-corrected chi connectivity index (χ4v) is 3.79. The van der Waals surface area contributed by atoms with E-state index in [0.717, 1.165) is 37.6 Å². The van der Waals surface area contributed by atoms with Crippen molar-refractivity contribution in [1.29, 1.82) is 0 Å². The van der Waals surface area contributed by atoms with Crippen molar-refractivity contribution < 1.29 is 9.18 Å². The number of aromatic amines is 1. The molecule has 1 aliphatic rings. The number of piperazine rings is 1. The number of aryl methyl sites for hydroxylation is 2. The van der Waals surface area contributed by atoms with E-state index in [4.69, 9.17) is 5.73 Å². The first-order valence-corrected chi connectivity index (χ1v) is 9.76. The van der Waals surface area contributed by atoms with Crippen LogP contribution in [0.2, 0.25) is 0 Å². The van der Waals surface area contributed by atoms with Gasteiger partial charge in [-0.2, -0.15) is 0 Å². The maximum Gasteiger partial charge on any atom is 0.269 e. The lowest BCUT2D eigenvalue weighted by atomic mass is 10.1. The van der Waals surface area contributed by atoms with Crippen molar-refractivity contribution in [3.8, 4) is 0 Å². The van der Waals surface area contributed by atoms with Crippen molar-refractivity contribution >= 4 is 22.6 Å². The molecule has 0 atom stereocenters. The van der Waals surface area contributed by atoms with Crippen LogP contribution in [0.5, 0.6) is 0 Å². The van der Waals surface area contributed by atoms with Crippen molar-refractivity contribution in [3.05, 3.63) is 63.1 Å². The van der Waals surface area contributed by atoms with Gasteiger partial charge in [-0.05, 0) is 32.0 Å². The van der Waals surface area contributed by atoms with E-state index in [2.05, 4.69) is 24.8 Å². The Labute approximate surface area is 172 Å². The molecule has 0 spiro atoms. The number of hydrogen-bond acceptors (Lipinski definition) is 6. The van der Waals surface area contributed by atoms with Crippen LogP contribution in [0.3, 0.4) is 0 Å². The molecule has 30 heavy (non-hydrogen) atoms. The number of benzene rings is 1. The predicted octanol–water partition coefficient (Wildman–Crippen LogP) is 1.50. The number of nitrogens with two attached hydrogens (primary N) is 1. The number of fused-ring (bicyclic) bond motifs is 1. The Balaban J connectivity index is 1.46. The minimum absolute atomic E-state index is 0.151. The van der Waals surface area contributed by atoms with Gasteiger partial charge in [0, 0.05) is 38.3 Å². The van der Waals surface area contributed by atoms with E-state index in [0.29, 0.717) is 23.3 Å². The van der Waals surface area contributed by atoms with Crippen molar-refractivity contribution in [1.82, 2.24) is 19.9 Å². The number of anilines is 1. The van der Waals surface area contributed by atoms with Gasteiger partial charge in [0.25, 0.3) is 11.5 Å². The lowest BCUT2D eigenvalue weighted by molar-refractivity contribution is 0.0995. The molecule has 2 aromatic heterocycles. The van der Waals surface area contributed by atoms with Crippen LogP contribution in [0.15, 0.2) is 29.1 Å². The highest BCUT2D eigenvalue weighted by Gasteiger charge is 2.21. The van der Waals surface area contributed by atoms with Gasteiger partial charge in [-0.1, -0.05) is 6.07 Å². The summed E-state index contributed by atoms with van der Waals surface area (Å²) < 4.78 is 14.9. The summed E-state index contributed by atoms with van der Waals surface area (Å²) in [5, 5.41) is 0. The van der Waals surface area contributed by atoms with E-state index >= 15 is 0 Å². The Hall–Kier alpha value is -3.33. The summed E-state index contributed by atoms with van der Waals surface area (Å²) in [5.74, 6) is -0.972. The first kappa shape index (κ1) is 20.0. The summed E-state index contributed by atoms with van der Waals surface area (Å²) in [7, 11) is 0. The number of pyridine rings is 1. The molecule has 1 aliphatic heterocycles. The molecule has 156 valence electrons. The number of amides is 1. The molecule has 1 saturated heterocycles. The Morgan fingerprint density at radius 3 is 2.50 bits per heavy atom. The second-order valence-corrected chi connectivity index (χ2v) is 7.51. The second-order valence-electron chi connectivity index (χ2n) is 7.51. The molecule has 0 bridgehead atoms. The summed E-state index contributed by atoms with van der Waals surface area (Å²) in [6, 6.07) is 6.97. The third kappa shape index (κ3) is 3.76. The van der Waals surface area contributed by atoms with Gasteiger partial charge in [-0.3, -0.25) is 14.5 Å². The van der Waals surface area contributed by atoms with E-state index in [1.54, 1.807) is 25.1 Å². The number of halogens is 1. The molecule has 4 rings (SSSR count). The molecule has 3 heterocycles. The minimum atomic E-state index is -0.543. The molecule has 8 nitrogen and oxygen atoms in total. The molecular formula is C21H23FN6O2. The van der Waals surface area contributed by atoms with Crippen LogP contribution in [0, 0.1) is 19.7 Å². The van der Waals surface area contributed by atoms with Gasteiger partial charge in [-0.15, -0.1) is 0 Å². The van der Waals surface area contributed by atoms with Gasteiger partial charge in [0.15, 0.2) is 5.82 Å². The lowest BCUT2D eigenvalue weighted by Crippen LogP contribution is -2.46. The fourth-order valence-electron chi connectivity index (χ4n) is 3.79. The number of primary amides is 1. The maximum absolute atomic E-state index is 14.9. The van der Waals surface area contributed by atoms with Crippen LogP contribution in [0.4, 0.5) is 10.1 Å². The molecule has 9 heteroatoms. The lowest BCUT2D eigenvalue weighted by Gasteiger charge is -2.36. The molecule has 0 radical (unpaired) electrons. The first-order valence-electron chi connectivity index (χ1n) is 9.76. The average Bonchev–Trinajstić information content (AvgIpc) is 2.72. The van der Waals surface area contributed by atoms with Gasteiger partial charge in [-0.25, -0.2) is 14.4 Å². The van der Waals surface area contributed by atoms with Gasteiger partial charge < -0.3 is 15.6 Å². The van der Waals surface area contributed by atoms with Crippen LogP contribution in [-0.4, -0.2) is 51.9 Å². The molecule has 1 fully saturated rings. The number of nitrogens with one attached hydrogen (secondary N) is 1. The fraction of sp³-hybridized carbons (Fsp3) is 0.333. The topological polar surface area (TPSA) is 108 Å². The SMILES string of the molecule is Cc1nc(C(N)=O)ccc1N1CCN(Cc2ccc3nc(C)c(=O)[nH]c3c2F)CC1. The van der Waals surface area contributed by atoms with Crippen molar-refractivity contribution in [2.75, 3.05) is 31.1 Å². The molecule has 1 amide bonds. The second kappa shape index (κ2) is 7.83. The minimum Gasteiger partial charge on any atom is -0.368 e. The van der Waals surface area contributed by atoms with E-state index in [9.17, 15) is 14.0 Å². The van der Waals surface area contributed by atoms with Gasteiger partial charge in [0.1, 0.15) is 16.9 Å². The van der Waals surface area contributed by atoms with Crippen molar-refractivity contribution in [3.63, 3.8) is 0 Å². The number of H-pyrrole nitrogens is 1. The molecule has 0 aliphatic carbocycles. The highest BCUT2D eigenvalue weighted by atomic mass is 19.1. The van der Waals surface area contributed by atoms with Crippen LogP contribution >= 0.6 is 0 Å². The highest BCUT2D eigenvalue weighted by molar-refractivity contribution is 5.91. The van der Waals surface area contributed by atoms with Crippen LogP contribution in [-0.2, 0) is 6.54 Å². The quantitative estimate of drug-likeness (QED) is 0.675. The zero-order valence-electron chi connectivity index (χ0n) is 16.9. The molecule has 3 N–H and O–H groups in total. The molecule has 0 unspecified atom stereocenters.